The molecule has 0 spiro atoms. The second-order valence-electron chi connectivity index (χ2n) is 2.81. The average molecular weight is 187 g/mol. The van der Waals surface area contributed by atoms with E-state index in [1.165, 1.54) is 6.26 Å². The minimum atomic E-state index is 0.314. The standard InChI is InChI=1S/C11H9NO2/c13-8-11-10(6-7-14-11)12-9-4-2-1-3-5-9/h1-8,12H. The Kier molecular flexibility index (Phi) is 2.32. The molecule has 0 radical (unpaired) electrons. The highest BCUT2D eigenvalue weighted by molar-refractivity contribution is 5.82. The van der Waals surface area contributed by atoms with Gasteiger partial charge in [-0.25, -0.2) is 0 Å². The fourth-order valence-corrected chi connectivity index (χ4v) is 1.19. The van der Waals surface area contributed by atoms with Gasteiger partial charge in [-0.15, -0.1) is 0 Å². The number of furan rings is 1. The van der Waals surface area contributed by atoms with E-state index in [9.17, 15) is 4.79 Å². The third kappa shape index (κ3) is 1.66. The molecule has 0 aliphatic heterocycles. The number of benzene rings is 1. The summed E-state index contributed by atoms with van der Waals surface area (Å²) in [5.41, 5.74) is 1.61. The van der Waals surface area contributed by atoms with Crippen molar-refractivity contribution in [2.75, 3.05) is 5.32 Å². The maximum atomic E-state index is 10.5. The second kappa shape index (κ2) is 3.79. The fraction of sp³-hybridized carbons (Fsp3) is 0. The Bertz CT molecular complexity index is 420. The predicted molar refractivity (Wildman–Crippen MR) is 53.8 cm³/mol. The summed E-state index contributed by atoms with van der Waals surface area (Å²) in [5.74, 6) is 0.314. The maximum Gasteiger partial charge on any atom is 0.189 e. The molecule has 1 N–H and O–H groups in total. The molecule has 0 fully saturated rings. The van der Waals surface area contributed by atoms with Gasteiger partial charge in [-0.05, 0) is 12.1 Å². The van der Waals surface area contributed by atoms with Crippen LogP contribution >= 0.6 is 0 Å². The molecule has 0 saturated carbocycles. The first kappa shape index (κ1) is 8.56. The zero-order valence-corrected chi connectivity index (χ0v) is 7.44. The van der Waals surface area contributed by atoms with E-state index in [0.717, 1.165) is 5.69 Å². The third-order valence-corrected chi connectivity index (χ3v) is 1.86. The van der Waals surface area contributed by atoms with Crippen LogP contribution in [0.5, 0.6) is 0 Å². The van der Waals surface area contributed by atoms with Crippen molar-refractivity contribution < 1.29 is 9.21 Å². The number of rotatable bonds is 3. The number of hydrogen-bond donors (Lipinski definition) is 1. The van der Waals surface area contributed by atoms with Gasteiger partial charge in [0.1, 0.15) is 0 Å². The van der Waals surface area contributed by atoms with Gasteiger partial charge in [-0.3, -0.25) is 4.79 Å². The molecule has 0 amide bonds. The molecule has 0 unspecified atom stereocenters. The van der Waals surface area contributed by atoms with E-state index in [-0.39, 0.29) is 0 Å². The normalized spacial score (nSPS) is 9.71. The van der Waals surface area contributed by atoms with Crippen molar-refractivity contribution in [2.24, 2.45) is 0 Å². The van der Waals surface area contributed by atoms with E-state index in [2.05, 4.69) is 5.32 Å². The molecule has 0 bridgehead atoms. The van der Waals surface area contributed by atoms with Crippen LogP contribution in [-0.4, -0.2) is 6.29 Å². The molecule has 0 aliphatic rings. The van der Waals surface area contributed by atoms with Gasteiger partial charge in [0.25, 0.3) is 0 Å². The van der Waals surface area contributed by atoms with Crippen LogP contribution < -0.4 is 5.32 Å². The van der Waals surface area contributed by atoms with Crippen molar-refractivity contribution in [3.8, 4) is 0 Å². The maximum absolute atomic E-state index is 10.5. The highest BCUT2D eigenvalue weighted by Gasteiger charge is 2.03. The smallest absolute Gasteiger partial charge is 0.189 e. The summed E-state index contributed by atoms with van der Waals surface area (Å²) in [7, 11) is 0. The molecule has 3 heteroatoms. The summed E-state index contributed by atoms with van der Waals surface area (Å²) < 4.78 is 4.96. The SMILES string of the molecule is O=Cc1occc1Nc1ccccc1. The van der Waals surface area contributed by atoms with Gasteiger partial charge in [0.15, 0.2) is 12.0 Å². The molecule has 1 aromatic heterocycles. The first-order chi connectivity index (χ1) is 6.90. The lowest BCUT2D eigenvalue weighted by Crippen LogP contribution is -1.90. The minimum Gasteiger partial charge on any atom is -0.459 e. The second-order valence-corrected chi connectivity index (χ2v) is 2.81. The Morgan fingerprint density at radius 2 is 1.93 bits per heavy atom. The van der Waals surface area contributed by atoms with Crippen LogP contribution in [0.25, 0.3) is 0 Å². The molecule has 0 saturated heterocycles. The van der Waals surface area contributed by atoms with Gasteiger partial charge in [0.05, 0.1) is 12.0 Å². The number of carbonyl (C=O) groups excluding carboxylic acids is 1. The van der Waals surface area contributed by atoms with Crippen molar-refractivity contribution >= 4 is 17.7 Å². The summed E-state index contributed by atoms with van der Waals surface area (Å²) >= 11 is 0. The van der Waals surface area contributed by atoms with Gasteiger partial charge in [0.2, 0.25) is 0 Å². The van der Waals surface area contributed by atoms with Crippen LogP contribution in [0.15, 0.2) is 47.1 Å². The van der Waals surface area contributed by atoms with Gasteiger partial charge in [-0.1, -0.05) is 18.2 Å². The number of hydrogen-bond acceptors (Lipinski definition) is 3. The lowest BCUT2D eigenvalue weighted by atomic mass is 10.3. The third-order valence-electron chi connectivity index (χ3n) is 1.86. The van der Waals surface area contributed by atoms with E-state index in [4.69, 9.17) is 4.42 Å². The summed E-state index contributed by atoms with van der Waals surface area (Å²) in [5, 5.41) is 3.08. The lowest BCUT2D eigenvalue weighted by molar-refractivity contribution is 0.110. The summed E-state index contributed by atoms with van der Waals surface area (Å²) in [6, 6.07) is 11.3. The largest absolute Gasteiger partial charge is 0.459 e. The van der Waals surface area contributed by atoms with E-state index in [0.29, 0.717) is 17.7 Å². The molecule has 2 aromatic rings. The van der Waals surface area contributed by atoms with Crippen LogP contribution in [-0.2, 0) is 0 Å². The molecular formula is C11H9NO2. The highest BCUT2D eigenvalue weighted by Crippen LogP contribution is 2.19. The Morgan fingerprint density at radius 3 is 2.64 bits per heavy atom. The fourth-order valence-electron chi connectivity index (χ4n) is 1.19. The van der Waals surface area contributed by atoms with Crippen molar-refractivity contribution in [3.05, 3.63) is 48.4 Å². The van der Waals surface area contributed by atoms with E-state index >= 15 is 0 Å². The number of nitrogens with one attached hydrogen (secondary N) is 1. The van der Waals surface area contributed by atoms with E-state index < -0.39 is 0 Å². The van der Waals surface area contributed by atoms with Crippen LogP contribution in [0.1, 0.15) is 10.6 Å². The molecule has 2 rings (SSSR count). The monoisotopic (exact) mass is 187 g/mol. The zero-order chi connectivity index (χ0) is 9.80. The molecule has 14 heavy (non-hydrogen) atoms. The summed E-state index contributed by atoms with van der Waals surface area (Å²) in [6.45, 7) is 0. The topological polar surface area (TPSA) is 42.2 Å². The number of anilines is 2. The number of aldehydes is 1. The Morgan fingerprint density at radius 1 is 1.14 bits per heavy atom. The number of carbonyl (C=O) groups is 1. The number of para-hydroxylation sites is 1. The molecular weight excluding hydrogens is 178 g/mol. The van der Waals surface area contributed by atoms with Crippen molar-refractivity contribution in [2.45, 2.75) is 0 Å². The van der Waals surface area contributed by atoms with Crippen LogP contribution in [0.4, 0.5) is 11.4 Å². The zero-order valence-electron chi connectivity index (χ0n) is 7.44. The quantitative estimate of drug-likeness (QED) is 0.751. The van der Waals surface area contributed by atoms with Crippen molar-refractivity contribution in [1.82, 2.24) is 0 Å². The van der Waals surface area contributed by atoms with Gasteiger partial charge in [-0.2, -0.15) is 0 Å². The lowest BCUT2D eigenvalue weighted by Gasteiger charge is -2.02. The Labute approximate surface area is 81.4 Å². The molecule has 1 heterocycles. The molecule has 1 aromatic carbocycles. The summed E-state index contributed by atoms with van der Waals surface area (Å²) in [6.07, 6.45) is 2.17. The predicted octanol–water partition coefficient (Wildman–Crippen LogP) is 2.84. The van der Waals surface area contributed by atoms with E-state index in [1.54, 1.807) is 6.07 Å². The molecule has 70 valence electrons. The van der Waals surface area contributed by atoms with Gasteiger partial charge in [0, 0.05) is 11.8 Å². The van der Waals surface area contributed by atoms with Crippen molar-refractivity contribution in [1.29, 1.82) is 0 Å². The Hall–Kier alpha value is -2.03. The molecule has 3 nitrogen and oxygen atoms in total. The first-order valence-electron chi connectivity index (χ1n) is 4.25. The van der Waals surface area contributed by atoms with Gasteiger partial charge >= 0.3 is 0 Å². The first-order valence-corrected chi connectivity index (χ1v) is 4.25. The molecule has 0 atom stereocenters. The highest BCUT2D eigenvalue weighted by atomic mass is 16.3. The van der Waals surface area contributed by atoms with Crippen LogP contribution in [0.3, 0.4) is 0 Å². The van der Waals surface area contributed by atoms with Crippen LogP contribution in [0.2, 0.25) is 0 Å². The Balaban J connectivity index is 2.23. The minimum absolute atomic E-state index is 0.314. The average Bonchev–Trinajstić information content (AvgIpc) is 2.67. The van der Waals surface area contributed by atoms with Crippen molar-refractivity contribution in [3.63, 3.8) is 0 Å². The summed E-state index contributed by atoms with van der Waals surface area (Å²) in [4.78, 5) is 10.5. The van der Waals surface area contributed by atoms with E-state index in [1.807, 2.05) is 30.3 Å². The van der Waals surface area contributed by atoms with Crippen LogP contribution in [0, 0.1) is 0 Å². The molecule has 0 aliphatic carbocycles. The van der Waals surface area contributed by atoms with Gasteiger partial charge < -0.3 is 9.73 Å².